The Balaban J connectivity index is 0. The fourth-order valence-corrected chi connectivity index (χ4v) is 2.09. The van der Waals surface area contributed by atoms with Gasteiger partial charge in [0.15, 0.2) is 0 Å². The topological polar surface area (TPSA) is 24.1 Å². The van der Waals surface area contributed by atoms with E-state index in [-0.39, 0.29) is 0 Å². The summed E-state index contributed by atoms with van der Waals surface area (Å²) in [6, 6.07) is 0. The van der Waals surface area contributed by atoms with E-state index in [0.717, 1.165) is 5.92 Å². The Hall–Kier alpha value is -0.0800. The van der Waals surface area contributed by atoms with Gasteiger partial charge in [-0.25, -0.2) is 0 Å². The van der Waals surface area contributed by atoms with Crippen molar-refractivity contribution in [1.82, 2.24) is 10.6 Å². The van der Waals surface area contributed by atoms with Gasteiger partial charge < -0.3 is 10.6 Å². The van der Waals surface area contributed by atoms with Crippen molar-refractivity contribution in [3.8, 4) is 0 Å². The number of hydrogen-bond acceptors (Lipinski definition) is 2. The van der Waals surface area contributed by atoms with Gasteiger partial charge in [-0.2, -0.15) is 0 Å². The van der Waals surface area contributed by atoms with Crippen molar-refractivity contribution in [1.29, 1.82) is 0 Å². The molecule has 0 bridgehead atoms. The van der Waals surface area contributed by atoms with Crippen molar-refractivity contribution >= 4 is 0 Å². The van der Waals surface area contributed by atoms with Crippen LogP contribution in [0.25, 0.3) is 0 Å². The minimum atomic E-state index is 0.686. The standard InChI is InChI=1S/C8H16N2.3C2H6/c1-7-4-9-3-2-8(7)5-10-6-8;3*1-2/h7,9-10H,2-6H2,1H3;3*1-2H3. The van der Waals surface area contributed by atoms with Crippen LogP contribution < -0.4 is 10.6 Å². The first-order valence-electron chi connectivity index (χ1n) is 7.25. The molecule has 0 saturated carbocycles. The summed E-state index contributed by atoms with van der Waals surface area (Å²) in [6.45, 7) is 19.3. The molecule has 2 aliphatic heterocycles. The number of nitrogens with one attached hydrogen (secondary N) is 2. The van der Waals surface area contributed by atoms with Crippen LogP contribution >= 0.6 is 0 Å². The molecule has 0 amide bonds. The molecule has 2 saturated heterocycles. The minimum absolute atomic E-state index is 0.686. The van der Waals surface area contributed by atoms with Crippen LogP contribution in [0.15, 0.2) is 0 Å². The third-order valence-corrected chi connectivity index (χ3v) is 3.25. The molecule has 0 aliphatic carbocycles. The van der Waals surface area contributed by atoms with E-state index in [1.807, 2.05) is 41.5 Å². The fourth-order valence-electron chi connectivity index (χ4n) is 2.09. The lowest BCUT2D eigenvalue weighted by Gasteiger charge is -2.50. The van der Waals surface area contributed by atoms with Gasteiger partial charge in [-0.15, -0.1) is 0 Å². The minimum Gasteiger partial charge on any atom is -0.316 e. The van der Waals surface area contributed by atoms with Gasteiger partial charge in [0.25, 0.3) is 0 Å². The third kappa shape index (κ3) is 4.84. The maximum Gasteiger partial charge on any atom is 0.00237 e. The molecule has 2 nitrogen and oxygen atoms in total. The molecule has 2 heteroatoms. The zero-order chi connectivity index (χ0) is 13.0. The molecule has 2 rings (SSSR count). The zero-order valence-electron chi connectivity index (χ0n) is 12.6. The monoisotopic (exact) mass is 230 g/mol. The lowest BCUT2D eigenvalue weighted by atomic mass is 9.67. The Morgan fingerprint density at radius 1 is 0.875 bits per heavy atom. The van der Waals surface area contributed by atoms with Gasteiger partial charge in [0, 0.05) is 18.5 Å². The molecular weight excluding hydrogens is 196 g/mol. The largest absolute Gasteiger partial charge is 0.316 e. The fraction of sp³-hybridized carbons (Fsp3) is 1.00. The van der Waals surface area contributed by atoms with E-state index in [4.69, 9.17) is 0 Å². The van der Waals surface area contributed by atoms with Gasteiger partial charge in [0.05, 0.1) is 0 Å². The van der Waals surface area contributed by atoms with Crippen LogP contribution in [-0.4, -0.2) is 26.2 Å². The number of piperidine rings is 1. The lowest BCUT2D eigenvalue weighted by molar-refractivity contribution is 0.0543. The summed E-state index contributed by atoms with van der Waals surface area (Å²) in [5, 5.41) is 6.80. The summed E-state index contributed by atoms with van der Waals surface area (Å²) in [6.07, 6.45) is 1.38. The average Bonchev–Trinajstić information content (AvgIpc) is 2.35. The number of rotatable bonds is 0. The molecule has 2 fully saturated rings. The summed E-state index contributed by atoms with van der Waals surface area (Å²) in [5.74, 6) is 0.877. The summed E-state index contributed by atoms with van der Waals surface area (Å²) < 4.78 is 0. The van der Waals surface area contributed by atoms with Crippen LogP contribution in [0, 0.1) is 11.3 Å². The molecule has 2 N–H and O–H groups in total. The zero-order valence-corrected chi connectivity index (χ0v) is 12.6. The van der Waals surface area contributed by atoms with E-state index in [0.29, 0.717) is 5.41 Å². The quantitative estimate of drug-likeness (QED) is 0.667. The SMILES string of the molecule is CC.CC.CC.CC1CNCCC12CNC2. The highest BCUT2D eigenvalue weighted by atomic mass is 15.0. The van der Waals surface area contributed by atoms with E-state index in [1.165, 1.54) is 32.6 Å². The van der Waals surface area contributed by atoms with Gasteiger partial charge in [-0.05, 0) is 25.4 Å². The molecule has 0 aromatic rings. The summed E-state index contributed by atoms with van der Waals surface area (Å²) in [5.41, 5.74) is 0.686. The average molecular weight is 230 g/mol. The van der Waals surface area contributed by atoms with Crippen LogP contribution in [-0.2, 0) is 0 Å². The highest BCUT2D eigenvalue weighted by Crippen LogP contribution is 2.36. The summed E-state index contributed by atoms with van der Waals surface area (Å²) >= 11 is 0. The van der Waals surface area contributed by atoms with Crippen molar-refractivity contribution in [2.24, 2.45) is 11.3 Å². The van der Waals surface area contributed by atoms with Gasteiger partial charge >= 0.3 is 0 Å². The predicted molar refractivity (Wildman–Crippen MR) is 76.0 cm³/mol. The molecule has 100 valence electrons. The van der Waals surface area contributed by atoms with E-state index >= 15 is 0 Å². The second-order valence-corrected chi connectivity index (χ2v) is 3.82. The Labute approximate surface area is 104 Å². The van der Waals surface area contributed by atoms with E-state index in [2.05, 4.69) is 17.6 Å². The normalized spacial score (nSPS) is 24.6. The van der Waals surface area contributed by atoms with Gasteiger partial charge in [-0.3, -0.25) is 0 Å². The van der Waals surface area contributed by atoms with Crippen LogP contribution in [0.4, 0.5) is 0 Å². The van der Waals surface area contributed by atoms with Gasteiger partial charge in [0.1, 0.15) is 0 Å². The summed E-state index contributed by atoms with van der Waals surface area (Å²) in [7, 11) is 0. The smallest absolute Gasteiger partial charge is 0.00237 e. The molecule has 1 unspecified atom stereocenters. The van der Waals surface area contributed by atoms with Crippen molar-refractivity contribution < 1.29 is 0 Å². The van der Waals surface area contributed by atoms with Crippen molar-refractivity contribution in [2.75, 3.05) is 26.2 Å². The first kappa shape index (κ1) is 18.3. The van der Waals surface area contributed by atoms with Crippen LogP contribution in [0.1, 0.15) is 54.9 Å². The third-order valence-electron chi connectivity index (χ3n) is 3.25. The molecule has 0 aromatic carbocycles. The Morgan fingerprint density at radius 2 is 1.38 bits per heavy atom. The van der Waals surface area contributed by atoms with E-state index in [1.54, 1.807) is 0 Å². The van der Waals surface area contributed by atoms with Crippen LogP contribution in [0.3, 0.4) is 0 Å². The molecule has 1 atom stereocenters. The first-order valence-corrected chi connectivity index (χ1v) is 7.25. The Morgan fingerprint density at radius 3 is 1.62 bits per heavy atom. The first-order chi connectivity index (χ1) is 7.83. The van der Waals surface area contributed by atoms with Crippen molar-refractivity contribution in [3.63, 3.8) is 0 Å². The molecule has 0 radical (unpaired) electrons. The second-order valence-electron chi connectivity index (χ2n) is 3.82. The van der Waals surface area contributed by atoms with Crippen LogP contribution in [0.2, 0.25) is 0 Å². The molecule has 0 aromatic heterocycles. The number of hydrogen-bond donors (Lipinski definition) is 2. The predicted octanol–water partition coefficient (Wildman–Crippen LogP) is 3.28. The molecule has 1 spiro atoms. The molecular formula is C14H34N2. The van der Waals surface area contributed by atoms with Gasteiger partial charge in [0.2, 0.25) is 0 Å². The van der Waals surface area contributed by atoms with Crippen LogP contribution in [0.5, 0.6) is 0 Å². The van der Waals surface area contributed by atoms with E-state index in [9.17, 15) is 0 Å². The second kappa shape index (κ2) is 11.4. The van der Waals surface area contributed by atoms with Crippen molar-refractivity contribution in [2.45, 2.75) is 54.9 Å². The molecule has 2 aliphatic rings. The van der Waals surface area contributed by atoms with Gasteiger partial charge in [-0.1, -0.05) is 48.5 Å². The highest BCUT2D eigenvalue weighted by molar-refractivity contribution is 4.98. The molecule has 2 heterocycles. The Kier molecular flexibility index (Phi) is 13.0. The summed E-state index contributed by atoms with van der Waals surface area (Å²) in [4.78, 5) is 0. The molecule has 16 heavy (non-hydrogen) atoms. The maximum absolute atomic E-state index is 3.43. The maximum atomic E-state index is 3.43. The Bertz CT molecular complexity index is 131. The van der Waals surface area contributed by atoms with E-state index < -0.39 is 0 Å². The highest BCUT2D eigenvalue weighted by Gasteiger charge is 2.42. The lowest BCUT2D eigenvalue weighted by Crippen LogP contribution is -2.61. The van der Waals surface area contributed by atoms with Crippen molar-refractivity contribution in [3.05, 3.63) is 0 Å².